The lowest BCUT2D eigenvalue weighted by Gasteiger charge is -2.07. The van der Waals surface area contributed by atoms with Gasteiger partial charge in [-0.15, -0.1) is 0 Å². The van der Waals surface area contributed by atoms with Crippen LogP contribution in [0.2, 0.25) is 0 Å². The number of benzene rings is 1. The van der Waals surface area contributed by atoms with Crippen molar-refractivity contribution in [2.45, 2.75) is 0 Å². The van der Waals surface area contributed by atoms with Gasteiger partial charge in [0.25, 0.3) is 5.69 Å². The molecule has 0 radical (unpaired) electrons. The molecule has 0 aliphatic carbocycles. The molecule has 1 aromatic carbocycles. The van der Waals surface area contributed by atoms with E-state index in [-0.39, 0.29) is 23.3 Å². The second-order valence-corrected chi connectivity index (χ2v) is 4.72. The van der Waals surface area contributed by atoms with E-state index in [2.05, 4.69) is 20.4 Å². The Balaban J connectivity index is 1.82. The molecule has 0 saturated heterocycles. The van der Waals surface area contributed by atoms with Gasteiger partial charge in [0.05, 0.1) is 22.9 Å². The van der Waals surface area contributed by atoms with Gasteiger partial charge in [-0.05, 0) is 6.07 Å². The molecule has 2 heterocycles. The summed E-state index contributed by atoms with van der Waals surface area (Å²) in [4.78, 5) is 18.2. The SMILES string of the molecule is Cn1cc(Nc2nccc(Oc3cc([N+](=O)[O-])ccc3F)n2)cn1. The normalized spacial score (nSPS) is 10.4. The van der Waals surface area contributed by atoms with Crippen LogP contribution in [0.4, 0.5) is 21.7 Å². The summed E-state index contributed by atoms with van der Waals surface area (Å²) in [5.74, 6) is -0.779. The second kappa shape index (κ2) is 6.28. The van der Waals surface area contributed by atoms with Crippen LogP contribution in [0, 0.1) is 15.9 Å². The van der Waals surface area contributed by atoms with Gasteiger partial charge in [0.1, 0.15) is 0 Å². The van der Waals surface area contributed by atoms with Gasteiger partial charge in [-0.25, -0.2) is 9.37 Å². The lowest BCUT2D eigenvalue weighted by molar-refractivity contribution is -0.385. The van der Waals surface area contributed by atoms with Crippen LogP contribution in [0.5, 0.6) is 11.6 Å². The minimum Gasteiger partial charge on any atom is -0.436 e. The van der Waals surface area contributed by atoms with Crippen LogP contribution >= 0.6 is 0 Å². The van der Waals surface area contributed by atoms with Crippen molar-refractivity contribution in [2.75, 3.05) is 5.32 Å². The smallest absolute Gasteiger partial charge is 0.273 e. The largest absolute Gasteiger partial charge is 0.436 e. The Morgan fingerprint density at radius 1 is 1.38 bits per heavy atom. The number of halogens is 1. The number of ether oxygens (including phenoxy) is 1. The molecule has 0 fully saturated rings. The van der Waals surface area contributed by atoms with Gasteiger partial charge in [0.2, 0.25) is 11.8 Å². The number of nitro groups is 1. The topological polar surface area (TPSA) is 108 Å². The van der Waals surface area contributed by atoms with Crippen molar-refractivity contribution in [1.29, 1.82) is 0 Å². The Labute approximate surface area is 134 Å². The zero-order chi connectivity index (χ0) is 17.1. The van der Waals surface area contributed by atoms with Gasteiger partial charge < -0.3 is 10.1 Å². The number of rotatable bonds is 5. The third-order valence-electron chi connectivity index (χ3n) is 2.93. The maximum absolute atomic E-state index is 13.8. The number of nitro benzene ring substituents is 1. The molecule has 0 unspecified atom stereocenters. The van der Waals surface area contributed by atoms with E-state index in [9.17, 15) is 14.5 Å². The maximum atomic E-state index is 13.8. The van der Waals surface area contributed by atoms with Gasteiger partial charge >= 0.3 is 0 Å². The maximum Gasteiger partial charge on any atom is 0.273 e. The molecular weight excluding hydrogens is 319 g/mol. The van der Waals surface area contributed by atoms with Crippen LogP contribution in [-0.2, 0) is 7.05 Å². The first-order valence-electron chi connectivity index (χ1n) is 6.72. The van der Waals surface area contributed by atoms with E-state index < -0.39 is 10.7 Å². The summed E-state index contributed by atoms with van der Waals surface area (Å²) in [6.07, 6.45) is 4.71. The summed E-state index contributed by atoms with van der Waals surface area (Å²) in [6, 6.07) is 4.42. The molecule has 10 heteroatoms. The second-order valence-electron chi connectivity index (χ2n) is 4.72. The highest BCUT2D eigenvalue weighted by Crippen LogP contribution is 2.27. The van der Waals surface area contributed by atoms with Gasteiger partial charge in [-0.3, -0.25) is 14.8 Å². The Morgan fingerprint density at radius 3 is 2.92 bits per heavy atom. The molecule has 1 N–H and O–H groups in total. The molecule has 0 saturated carbocycles. The standard InChI is InChI=1S/C14H11FN6O3/c1-20-8-9(7-17-20)18-14-16-5-4-13(19-14)24-12-6-10(21(22)23)2-3-11(12)15/h2-8H,1H3,(H,16,18,19). The van der Waals surface area contributed by atoms with Gasteiger partial charge in [0.15, 0.2) is 11.6 Å². The first-order valence-corrected chi connectivity index (χ1v) is 6.72. The van der Waals surface area contributed by atoms with Crippen LogP contribution < -0.4 is 10.1 Å². The van der Waals surface area contributed by atoms with Crippen LogP contribution in [0.3, 0.4) is 0 Å². The molecule has 0 amide bonds. The van der Waals surface area contributed by atoms with Crippen LogP contribution in [0.1, 0.15) is 0 Å². The molecule has 0 aliphatic heterocycles. The molecule has 0 atom stereocenters. The molecule has 2 aromatic heterocycles. The lowest BCUT2D eigenvalue weighted by atomic mass is 10.3. The fourth-order valence-electron chi connectivity index (χ4n) is 1.87. The first kappa shape index (κ1) is 15.3. The van der Waals surface area contributed by atoms with E-state index in [4.69, 9.17) is 4.74 Å². The highest BCUT2D eigenvalue weighted by molar-refractivity contribution is 5.50. The molecule has 0 bridgehead atoms. The molecule has 0 spiro atoms. The Morgan fingerprint density at radius 2 is 2.21 bits per heavy atom. The minimum absolute atomic E-state index is 0.0378. The molecule has 24 heavy (non-hydrogen) atoms. The van der Waals surface area contributed by atoms with Crippen LogP contribution in [0.25, 0.3) is 0 Å². The summed E-state index contributed by atoms with van der Waals surface area (Å²) in [5.41, 5.74) is 0.380. The highest BCUT2D eigenvalue weighted by atomic mass is 19.1. The number of aromatic nitrogens is 4. The summed E-state index contributed by atoms with van der Waals surface area (Å²) in [5, 5.41) is 17.7. The van der Waals surface area contributed by atoms with Crippen molar-refractivity contribution in [3.63, 3.8) is 0 Å². The van der Waals surface area contributed by atoms with E-state index in [0.29, 0.717) is 5.69 Å². The predicted molar refractivity (Wildman–Crippen MR) is 81.7 cm³/mol. The number of nitrogens with one attached hydrogen (secondary N) is 1. The summed E-state index contributed by atoms with van der Waals surface area (Å²) < 4.78 is 20.6. The summed E-state index contributed by atoms with van der Waals surface area (Å²) in [6.45, 7) is 0. The van der Waals surface area contributed by atoms with Crippen molar-refractivity contribution in [3.8, 4) is 11.6 Å². The van der Waals surface area contributed by atoms with Gasteiger partial charge in [0, 0.05) is 31.6 Å². The van der Waals surface area contributed by atoms with Crippen LogP contribution in [0.15, 0.2) is 42.9 Å². The van der Waals surface area contributed by atoms with Crippen molar-refractivity contribution >= 4 is 17.3 Å². The monoisotopic (exact) mass is 330 g/mol. The Bertz CT molecular complexity index is 898. The van der Waals surface area contributed by atoms with Gasteiger partial charge in [-0.2, -0.15) is 10.1 Å². The third-order valence-corrected chi connectivity index (χ3v) is 2.93. The van der Waals surface area contributed by atoms with E-state index in [1.165, 1.54) is 12.3 Å². The van der Waals surface area contributed by atoms with Crippen molar-refractivity contribution in [3.05, 3.63) is 58.8 Å². The molecule has 9 nitrogen and oxygen atoms in total. The minimum atomic E-state index is -0.735. The first-order chi connectivity index (χ1) is 11.5. The molecule has 3 rings (SSSR count). The van der Waals surface area contributed by atoms with Gasteiger partial charge in [-0.1, -0.05) is 0 Å². The molecular formula is C14H11FN6O3. The number of nitrogens with zero attached hydrogens (tertiary/aromatic N) is 5. The number of non-ortho nitro benzene ring substituents is 1. The zero-order valence-electron chi connectivity index (χ0n) is 12.4. The lowest BCUT2D eigenvalue weighted by Crippen LogP contribution is -1.99. The quantitative estimate of drug-likeness (QED) is 0.566. The van der Waals surface area contributed by atoms with Crippen molar-refractivity contribution < 1.29 is 14.1 Å². The number of anilines is 2. The summed E-state index contributed by atoms with van der Waals surface area (Å²) >= 11 is 0. The van der Waals surface area contributed by atoms with E-state index in [1.807, 2.05) is 0 Å². The third kappa shape index (κ3) is 3.43. The Kier molecular flexibility index (Phi) is 4.01. The molecule has 3 aromatic rings. The average Bonchev–Trinajstić information content (AvgIpc) is 2.94. The fraction of sp³-hybridized carbons (Fsp3) is 0.0714. The van der Waals surface area contributed by atoms with Crippen molar-refractivity contribution in [2.24, 2.45) is 7.05 Å². The highest BCUT2D eigenvalue weighted by Gasteiger charge is 2.13. The van der Waals surface area contributed by atoms with E-state index in [0.717, 1.165) is 18.2 Å². The number of hydrogen-bond donors (Lipinski definition) is 1. The molecule has 122 valence electrons. The van der Waals surface area contributed by atoms with E-state index >= 15 is 0 Å². The number of hydrogen-bond acceptors (Lipinski definition) is 7. The predicted octanol–water partition coefficient (Wildman–Crippen LogP) is 2.79. The Hall–Kier alpha value is -3.56. The van der Waals surface area contributed by atoms with Crippen LogP contribution in [-0.4, -0.2) is 24.7 Å². The zero-order valence-corrected chi connectivity index (χ0v) is 12.4. The summed E-state index contributed by atoms with van der Waals surface area (Å²) in [7, 11) is 1.76. The van der Waals surface area contributed by atoms with E-state index in [1.54, 1.807) is 24.1 Å². The van der Waals surface area contributed by atoms with Crippen molar-refractivity contribution in [1.82, 2.24) is 19.7 Å². The average molecular weight is 330 g/mol. The number of aryl methyl sites for hydroxylation is 1. The fourth-order valence-corrected chi connectivity index (χ4v) is 1.87. The molecule has 0 aliphatic rings.